The molecule has 3 rings (SSSR count). The van der Waals surface area contributed by atoms with Crippen LogP contribution >= 0.6 is 16.5 Å². The van der Waals surface area contributed by atoms with Crippen LogP contribution in [-0.2, 0) is 28.5 Å². The van der Waals surface area contributed by atoms with Crippen molar-refractivity contribution in [1.29, 1.82) is 0 Å². The molecule has 0 spiro atoms. The maximum atomic E-state index is 8.70. The average molecular weight is 534 g/mol. The fourth-order valence-corrected chi connectivity index (χ4v) is 3.92. The maximum absolute atomic E-state index is 8.70. The van der Waals surface area contributed by atoms with E-state index in [2.05, 4.69) is 80.6 Å². The number of unbranched alkanes of at least 4 members (excludes halogenated alkanes) is 2. The molecule has 0 saturated carbocycles. The van der Waals surface area contributed by atoms with Gasteiger partial charge in [0.25, 0.3) is 0 Å². The van der Waals surface area contributed by atoms with E-state index >= 15 is 0 Å². The summed E-state index contributed by atoms with van der Waals surface area (Å²) in [4.78, 5) is 28.5. The highest BCUT2D eigenvalue weighted by Crippen LogP contribution is 2.33. The van der Waals surface area contributed by atoms with E-state index in [0.29, 0.717) is 6.54 Å². The van der Waals surface area contributed by atoms with Crippen LogP contribution in [0.25, 0.3) is 22.3 Å². The Bertz CT molecular complexity index is 1030. The molecule has 3 aromatic carbocycles. The van der Waals surface area contributed by atoms with Crippen molar-refractivity contribution in [3.05, 3.63) is 83.4 Å². The van der Waals surface area contributed by atoms with Crippen molar-refractivity contribution in [2.45, 2.75) is 58.9 Å². The molecule has 0 aliphatic carbocycles. The summed E-state index contributed by atoms with van der Waals surface area (Å²) in [6.45, 7) is 5.14. The number of hydrogen-bond donors (Lipinski definition) is 5. The van der Waals surface area contributed by atoms with Crippen LogP contribution in [0.1, 0.15) is 56.2 Å². The van der Waals surface area contributed by atoms with Gasteiger partial charge in [-0.2, -0.15) is 0 Å². The molecule has 7 nitrogen and oxygen atoms in total. The Morgan fingerprint density at radius 2 is 1.06 bits per heavy atom. The predicted molar refractivity (Wildman–Crippen MR) is 147 cm³/mol. The van der Waals surface area contributed by atoms with Gasteiger partial charge >= 0.3 is 16.5 Å². The lowest BCUT2D eigenvalue weighted by molar-refractivity contribution is 0.403. The van der Waals surface area contributed by atoms with Crippen molar-refractivity contribution >= 4 is 16.5 Å². The lowest BCUT2D eigenvalue weighted by atomic mass is 9.87. The van der Waals surface area contributed by atoms with E-state index in [0.717, 1.165) is 12.8 Å². The second kappa shape index (κ2) is 18.0. The van der Waals surface area contributed by atoms with Gasteiger partial charge in [0, 0.05) is 15.7 Å². The largest absolute Gasteiger partial charge is 0.692 e. The predicted octanol–water partition coefficient (Wildman–Crippen LogP) is 6.42. The van der Waals surface area contributed by atoms with Crippen molar-refractivity contribution in [3.8, 4) is 22.3 Å². The molecule has 9 heteroatoms. The molecule has 0 aliphatic rings. The number of benzene rings is 3. The smallest absolute Gasteiger partial charge is 0.326 e. The van der Waals surface area contributed by atoms with Gasteiger partial charge in [-0.25, -0.2) is 0 Å². The van der Waals surface area contributed by atoms with Crippen LogP contribution in [0.5, 0.6) is 0 Å². The first-order valence-corrected chi connectivity index (χ1v) is 14.3. The van der Waals surface area contributed by atoms with E-state index in [1.165, 1.54) is 64.6 Å². The normalized spacial score (nSPS) is 9.97. The van der Waals surface area contributed by atoms with Crippen LogP contribution in [0.2, 0.25) is 0 Å². The Labute approximate surface area is 215 Å². The lowest BCUT2D eigenvalue weighted by Crippen LogP contribution is -2.03. The monoisotopic (exact) mass is 533 g/mol. The van der Waals surface area contributed by atoms with E-state index in [-0.39, 0.29) is 0 Å². The summed E-state index contributed by atoms with van der Waals surface area (Å²) in [5, 5.41) is 0. The molecule has 0 atom stereocenters. The summed E-state index contributed by atoms with van der Waals surface area (Å²) < 4.78 is 17.4. The van der Waals surface area contributed by atoms with E-state index in [1.807, 2.05) is 0 Å². The molecular weight excluding hydrogens is 496 g/mol. The lowest BCUT2D eigenvalue weighted by Gasteiger charge is -2.18. The minimum atomic E-state index is -2.87. The summed E-state index contributed by atoms with van der Waals surface area (Å²) in [5.41, 5.74) is 15.5. The number of hydrogen-bond acceptors (Lipinski definition) is 3. The Morgan fingerprint density at radius 3 is 1.44 bits per heavy atom. The van der Waals surface area contributed by atoms with Crippen LogP contribution in [0.15, 0.2) is 66.7 Å². The van der Waals surface area contributed by atoms with Crippen LogP contribution in [0.3, 0.4) is 0 Å². The molecule has 3 aromatic rings. The van der Waals surface area contributed by atoms with Crippen molar-refractivity contribution < 1.29 is 28.7 Å². The summed E-state index contributed by atoms with van der Waals surface area (Å²) in [7, 11) is -5.74. The molecule has 0 unspecified atom stereocenters. The number of aryl methyl sites for hydroxylation is 2. The van der Waals surface area contributed by atoms with Crippen LogP contribution < -0.4 is 5.73 Å². The first-order chi connectivity index (χ1) is 17.2. The van der Waals surface area contributed by atoms with Gasteiger partial charge < -0.3 is 5.73 Å². The first kappa shape index (κ1) is 31.7. The highest BCUT2D eigenvalue weighted by molar-refractivity contribution is 7.31. The molecule has 0 aliphatic heterocycles. The molecule has 6 N–H and O–H groups in total. The van der Waals surface area contributed by atoms with E-state index in [4.69, 9.17) is 34.4 Å². The summed E-state index contributed by atoms with van der Waals surface area (Å²) >= 11 is 0. The first-order valence-electron chi connectivity index (χ1n) is 11.9. The van der Waals surface area contributed by atoms with E-state index in [1.54, 1.807) is 0 Å². The van der Waals surface area contributed by atoms with Crippen molar-refractivity contribution in [2.24, 2.45) is 5.73 Å². The van der Waals surface area contributed by atoms with Gasteiger partial charge in [0.2, 0.25) is 0 Å². The van der Waals surface area contributed by atoms with Crippen LogP contribution in [0, 0.1) is 0 Å². The highest BCUT2D eigenvalue weighted by atomic mass is 31.1. The van der Waals surface area contributed by atoms with Gasteiger partial charge in [0.15, 0.2) is 0 Å². The fourth-order valence-electron chi connectivity index (χ4n) is 3.92. The minimum absolute atomic E-state index is 0.617. The zero-order valence-electron chi connectivity index (χ0n) is 20.9. The number of rotatable bonds is 9. The van der Waals surface area contributed by atoms with Gasteiger partial charge in [-0.1, -0.05) is 93.4 Å². The highest BCUT2D eigenvalue weighted by Gasteiger charge is 2.13. The standard InChI is InChI=1S/C27H33N.2HO3P/c1-3-5-10-25-18-21(20-28)19-26(11-6-4-2)27(25)24-16-14-23(15-17-24)22-12-8-7-9-13-22;2*1-4(2)3/h7-9,12-19H,3-6,10-11,20,28H2,1-2H3;2*(H-,1,2,3)/p+2. The second-order valence-electron chi connectivity index (χ2n) is 8.15. The van der Waals surface area contributed by atoms with Crippen molar-refractivity contribution in [1.82, 2.24) is 0 Å². The molecule has 0 aromatic heterocycles. The Morgan fingerprint density at radius 1 is 0.667 bits per heavy atom. The third-order valence-corrected chi connectivity index (χ3v) is 5.48. The van der Waals surface area contributed by atoms with Crippen molar-refractivity contribution in [2.75, 3.05) is 0 Å². The minimum Gasteiger partial charge on any atom is -0.326 e. The topological polar surface area (TPSA) is 141 Å². The zero-order valence-corrected chi connectivity index (χ0v) is 22.7. The van der Waals surface area contributed by atoms with Gasteiger partial charge in [0.1, 0.15) is 0 Å². The van der Waals surface area contributed by atoms with Gasteiger partial charge in [0.05, 0.1) is 0 Å². The molecule has 0 amide bonds. The molecular formula is C27H37NO6P2+2. The third-order valence-electron chi connectivity index (χ3n) is 5.48. The molecule has 0 saturated heterocycles. The summed E-state index contributed by atoms with van der Waals surface area (Å²) in [5.74, 6) is 0. The Kier molecular flexibility index (Phi) is 15.8. The van der Waals surface area contributed by atoms with Crippen molar-refractivity contribution in [3.63, 3.8) is 0 Å². The summed E-state index contributed by atoms with van der Waals surface area (Å²) in [6.07, 6.45) is 7.11. The maximum Gasteiger partial charge on any atom is 0.692 e. The average Bonchev–Trinajstić information content (AvgIpc) is 2.86. The quantitative estimate of drug-likeness (QED) is 0.200. The fraction of sp³-hybridized carbons (Fsp3) is 0.333. The molecule has 0 radical (unpaired) electrons. The van der Waals surface area contributed by atoms with Gasteiger partial charge in [-0.15, -0.1) is 19.6 Å². The molecule has 0 heterocycles. The van der Waals surface area contributed by atoms with E-state index < -0.39 is 16.5 Å². The van der Waals surface area contributed by atoms with Crippen LogP contribution in [0.4, 0.5) is 0 Å². The molecule has 36 heavy (non-hydrogen) atoms. The van der Waals surface area contributed by atoms with E-state index in [9.17, 15) is 0 Å². The molecule has 194 valence electrons. The third kappa shape index (κ3) is 12.1. The summed E-state index contributed by atoms with van der Waals surface area (Å²) in [6, 6.07) is 24.4. The SMILES string of the molecule is CCCCc1cc(CN)cc(CCCC)c1-c1ccc(-c2ccccc2)cc1.O=[P+](O)O.O=[P+](O)O. The van der Waals surface area contributed by atoms with Gasteiger partial charge in [-0.3, -0.25) is 0 Å². The Balaban J connectivity index is 0.000000709. The van der Waals surface area contributed by atoms with Gasteiger partial charge in [-0.05, 0) is 64.6 Å². The van der Waals surface area contributed by atoms with Crippen LogP contribution in [-0.4, -0.2) is 19.6 Å². The zero-order chi connectivity index (χ0) is 26.9. The molecule has 0 bridgehead atoms. The second-order valence-corrected chi connectivity index (χ2v) is 9.16. The molecule has 0 fully saturated rings. The Hall–Kier alpha value is -2.34. The number of nitrogens with two attached hydrogens (primary N) is 1.